The van der Waals surface area contributed by atoms with Crippen molar-refractivity contribution in [3.63, 3.8) is 0 Å². The Labute approximate surface area is 192 Å². The van der Waals surface area contributed by atoms with E-state index in [0.717, 1.165) is 16.8 Å². The van der Waals surface area contributed by atoms with Crippen LogP contribution in [0.2, 0.25) is 5.02 Å². The van der Waals surface area contributed by atoms with Gasteiger partial charge >= 0.3 is 0 Å². The molecule has 2 N–H and O–H groups in total. The lowest BCUT2D eigenvalue weighted by atomic mass is 10.1. The second-order valence-electron chi connectivity index (χ2n) is 7.12. The van der Waals surface area contributed by atoms with Crippen LogP contribution in [0, 0.1) is 0 Å². The number of nitrogens with one attached hydrogen (secondary N) is 2. The van der Waals surface area contributed by atoms with Crippen LogP contribution in [0.25, 0.3) is 6.08 Å². The normalized spacial score (nSPS) is 11.3. The molecule has 0 bridgehead atoms. The van der Waals surface area contributed by atoms with Gasteiger partial charge in [0.1, 0.15) is 5.70 Å². The number of carbonyl (C=O) groups excluding carboxylic acids is 2. The Kier molecular flexibility index (Phi) is 7.78. The molecule has 2 amide bonds. The minimum atomic E-state index is -0.552. The number of halogens is 1. The van der Waals surface area contributed by atoms with Gasteiger partial charge in [-0.15, -0.1) is 0 Å². The zero-order chi connectivity index (χ0) is 22.9. The van der Waals surface area contributed by atoms with Crippen LogP contribution in [-0.2, 0) is 4.79 Å². The average Bonchev–Trinajstić information content (AvgIpc) is 2.79. The highest BCUT2D eigenvalue weighted by atomic mass is 35.5. The van der Waals surface area contributed by atoms with Crippen molar-refractivity contribution in [1.29, 1.82) is 0 Å². The molecular formula is C25H23ClN4O2. The van der Waals surface area contributed by atoms with Gasteiger partial charge in [-0.05, 0) is 53.6 Å². The molecule has 7 heteroatoms. The van der Waals surface area contributed by atoms with Crippen LogP contribution in [0.15, 0.2) is 89.7 Å². The Morgan fingerprint density at radius 2 is 1.62 bits per heavy atom. The van der Waals surface area contributed by atoms with Crippen LogP contribution in [-0.4, -0.2) is 32.1 Å². The maximum absolute atomic E-state index is 12.8. The molecule has 162 valence electrons. The van der Waals surface area contributed by atoms with Crippen LogP contribution >= 0.6 is 11.6 Å². The van der Waals surface area contributed by atoms with E-state index < -0.39 is 11.8 Å². The first kappa shape index (κ1) is 22.8. The lowest BCUT2D eigenvalue weighted by Gasteiger charge is -2.12. The SMILES string of the molecule is CN(C)c1ccc(/C=C(\NC(=O)c2ccccc2)C(=O)N/N=C/c2cccc(Cl)c2)cc1. The zero-order valence-corrected chi connectivity index (χ0v) is 18.5. The van der Waals surface area contributed by atoms with Crippen molar-refractivity contribution < 1.29 is 9.59 Å². The molecule has 0 aliphatic carbocycles. The Morgan fingerprint density at radius 3 is 2.28 bits per heavy atom. The fourth-order valence-electron chi connectivity index (χ4n) is 2.79. The zero-order valence-electron chi connectivity index (χ0n) is 17.7. The van der Waals surface area contributed by atoms with E-state index in [-0.39, 0.29) is 5.70 Å². The van der Waals surface area contributed by atoms with Crippen LogP contribution in [0.5, 0.6) is 0 Å². The van der Waals surface area contributed by atoms with E-state index in [1.54, 1.807) is 48.5 Å². The molecule has 32 heavy (non-hydrogen) atoms. The molecule has 0 saturated heterocycles. The monoisotopic (exact) mass is 446 g/mol. The summed E-state index contributed by atoms with van der Waals surface area (Å²) in [5.41, 5.74) is 5.47. The van der Waals surface area contributed by atoms with Gasteiger partial charge in [0, 0.05) is 30.4 Å². The van der Waals surface area contributed by atoms with Crippen LogP contribution in [0.1, 0.15) is 21.5 Å². The quantitative estimate of drug-likeness (QED) is 0.322. The molecule has 0 aliphatic rings. The summed E-state index contributed by atoms with van der Waals surface area (Å²) in [6, 6.07) is 23.3. The third-order valence-corrected chi connectivity index (χ3v) is 4.71. The molecule has 6 nitrogen and oxygen atoms in total. The third-order valence-electron chi connectivity index (χ3n) is 4.48. The number of benzene rings is 3. The van der Waals surface area contributed by atoms with E-state index in [1.165, 1.54) is 6.21 Å². The number of hydrogen-bond acceptors (Lipinski definition) is 4. The van der Waals surface area contributed by atoms with E-state index in [2.05, 4.69) is 15.8 Å². The van der Waals surface area contributed by atoms with E-state index in [1.807, 2.05) is 55.4 Å². The molecule has 0 saturated carbocycles. The Balaban J connectivity index is 1.81. The molecular weight excluding hydrogens is 424 g/mol. The smallest absolute Gasteiger partial charge is 0.287 e. The Bertz CT molecular complexity index is 1140. The number of hydrogen-bond donors (Lipinski definition) is 2. The molecule has 0 atom stereocenters. The summed E-state index contributed by atoms with van der Waals surface area (Å²) in [7, 11) is 3.89. The van der Waals surface area contributed by atoms with Gasteiger partial charge in [-0.25, -0.2) is 5.43 Å². The van der Waals surface area contributed by atoms with Crippen molar-refractivity contribution in [2.45, 2.75) is 0 Å². The summed E-state index contributed by atoms with van der Waals surface area (Å²) in [6.07, 6.45) is 3.08. The molecule has 0 spiro atoms. The summed E-state index contributed by atoms with van der Waals surface area (Å²) >= 11 is 5.96. The first-order valence-corrected chi connectivity index (χ1v) is 10.2. The number of anilines is 1. The number of rotatable bonds is 7. The first-order chi connectivity index (χ1) is 15.4. The molecule has 3 aromatic carbocycles. The Hall–Kier alpha value is -3.90. The maximum Gasteiger partial charge on any atom is 0.287 e. The fourth-order valence-corrected chi connectivity index (χ4v) is 2.99. The number of carbonyl (C=O) groups is 2. The van der Waals surface area contributed by atoms with Crippen molar-refractivity contribution in [3.8, 4) is 0 Å². The second kappa shape index (κ2) is 10.9. The maximum atomic E-state index is 12.8. The second-order valence-corrected chi connectivity index (χ2v) is 7.55. The van der Waals surface area contributed by atoms with Gasteiger partial charge in [0.05, 0.1) is 6.21 Å². The van der Waals surface area contributed by atoms with Crippen LogP contribution in [0.3, 0.4) is 0 Å². The Morgan fingerprint density at radius 1 is 0.906 bits per heavy atom. The molecule has 0 heterocycles. The van der Waals surface area contributed by atoms with Crippen molar-refractivity contribution in [3.05, 3.63) is 106 Å². The van der Waals surface area contributed by atoms with Gasteiger partial charge in [-0.2, -0.15) is 5.10 Å². The lowest BCUT2D eigenvalue weighted by Crippen LogP contribution is -2.32. The summed E-state index contributed by atoms with van der Waals surface area (Å²) in [5.74, 6) is -0.944. The highest BCUT2D eigenvalue weighted by molar-refractivity contribution is 6.30. The minimum Gasteiger partial charge on any atom is -0.378 e. The average molecular weight is 447 g/mol. The molecule has 3 aromatic rings. The van der Waals surface area contributed by atoms with Crippen LogP contribution in [0.4, 0.5) is 5.69 Å². The van der Waals surface area contributed by atoms with Gasteiger partial charge < -0.3 is 10.2 Å². The van der Waals surface area contributed by atoms with E-state index in [0.29, 0.717) is 10.6 Å². The van der Waals surface area contributed by atoms with Gasteiger partial charge in [0.15, 0.2) is 0 Å². The predicted octanol–water partition coefficient (Wildman–Crippen LogP) is 4.33. The van der Waals surface area contributed by atoms with Gasteiger partial charge in [-0.3, -0.25) is 9.59 Å². The van der Waals surface area contributed by atoms with Crippen molar-refractivity contribution in [1.82, 2.24) is 10.7 Å². The van der Waals surface area contributed by atoms with Gasteiger partial charge in [0.2, 0.25) is 0 Å². The van der Waals surface area contributed by atoms with Crippen molar-refractivity contribution in [2.24, 2.45) is 5.10 Å². The predicted molar refractivity (Wildman–Crippen MR) is 130 cm³/mol. The summed E-state index contributed by atoms with van der Waals surface area (Å²) < 4.78 is 0. The molecule has 0 fully saturated rings. The first-order valence-electron chi connectivity index (χ1n) is 9.87. The highest BCUT2D eigenvalue weighted by Gasteiger charge is 2.14. The number of amides is 2. The molecule has 0 unspecified atom stereocenters. The van der Waals surface area contributed by atoms with E-state index in [9.17, 15) is 9.59 Å². The topological polar surface area (TPSA) is 73.8 Å². The summed E-state index contributed by atoms with van der Waals surface area (Å²) in [6.45, 7) is 0. The lowest BCUT2D eigenvalue weighted by molar-refractivity contribution is -0.117. The third kappa shape index (κ3) is 6.55. The largest absolute Gasteiger partial charge is 0.378 e. The molecule has 0 radical (unpaired) electrons. The van der Waals surface area contributed by atoms with Crippen LogP contribution < -0.4 is 15.6 Å². The van der Waals surface area contributed by atoms with Crippen molar-refractivity contribution in [2.75, 3.05) is 19.0 Å². The van der Waals surface area contributed by atoms with E-state index >= 15 is 0 Å². The number of nitrogens with zero attached hydrogens (tertiary/aromatic N) is 2. The van der Waals surface area contributed by atoms with Crippen molar-refractivity contribution >= 4 is 41.4 Å². The number of hydrazone groups is 1. The van der Waals surface area contributed by atoms with Gasteiger partial charge in [0.25, 0.3) is 11.8 Å². The summed E-state index contributed by atoms with van der Waals surface area (Å²) in [4.78, 5) is 27.4. The highest BCUT2D eigenvalue weighted by Crippen LogP contribution is 2.15. The molecule has 3 rings (SSSR count). The molecule has 0 aromatic heterocycles. The standard InChI is InChI=1S/C25H23ClN4O2/c1-30(2)22-13-11-18(12-14-22)16-23(28-24(31)20-8-4-3-5-9-20)25(32)29-27-17-19-7-6-10-21(26)15-19/h3-17H,1-2H3,(H,28,31)(H,29,32)/b23-16-,27-17+. The van der Waals surface area contributed by atoms with Gasteiger partial charge in [-0.1, -0.05) is 54.1 Å². The minimum absolute atomic E-state index is 0.0692. The van der Waals surface area contributed by atoms with E-state index in [4.69, 9.17) is 11.6 Å². The molecule has 0 aliphatic heterocycles. The fraction of sp³-hybridized carbons (Fsp3) is 0.0800. The summed E-state index contributed by atoms with van der Waals surface area (Å²) in [5, 5.41) is 7.23.